The predicted octanol–water partition coefficient (Wildman–Crippen LogP) is 17.3. The van der Waals surface area contributed by atoms with Crippen LogP contribution >= 0.6 is 0 Å². The summed E-state index contributed by atoms with van der Waals surface area (Å²) in [6, 6.07) is 94.2. The zero-order valence-electron chi connectivity index (χ0n) is 37.2. The second-order valence-corrected chi connectivity index (χ2v) is 17.6. The minimum atomic E-state index is 0.915. The van der Waals surface area contributed by atoms with E-state index in [1.54, 1.807) is 0 Å². The molecule has 0 aliphatic rings. The molecule has 0 bridgehead atoms. The van der Waals surface area contributed by atoms with Gasteiger partial charge >= 0.3 is 0 Å². The maximum Gasteiger partial charge on any atom is 0.0716 e. The lowest BCUT2D eigenvalue weighted by atomic mass is 9.95. The first kappa shape index (κ1) is 39.3. The van der Waals surface area contributed by atoms with Gasteiger partial charge in [0.25, 0.3) is 0 Å². The van der Waals surface area contributed by atoms with Gasteiger partial charge in [-0.05, 0) is 117 Å². The van der Waals surface area contributed by atoms with Gasteiger partial charge in [-0.25, -0.2) is 4.98 Å². The fourth-order valence-corrected chi connectivity index (χ4v) is 10.2. The van der Waals surface area contributed by atoms with Crippen LogP contribution in [0.4, 0.5) is 0 Å². The summed E-state index contributed by atoms with van der Waals surface area (Å²) in [6.07, 6.45) is 0. The molecule has 0 aliphatic heterocycles. The molecule has 13 aromatic rings. The Balaban J connectivity index is 0.927. The van der Waals surface area contributed by atoms with Gasteiger partial charge in [0.05, 0.1) is 33.5 Å². The smallest absolute Gasteiger partial charge is 0.0716 e. The van der Waals surface area contributed by atoms with E-state index in [-0.39, 0.29) is 0 Å². The molecular weight excluding hydrogens is 823 g/mol. The van der Waals surface area contributed by atoms with Gasteiger partial charge in [0.2, 0.25) is 0 Å². The molecule has 3 nitrogen and oxygen atoms in total. The molecule has 3 heteroatoms. The molecule has 0 N–H and O–H groups in total. The topological polar surface area (TPSA) is 22.8 Å². The Hall–Kier alpha value is -9.05. The van der Waals surface area contributed by atoms with Crippen LogP contribution in [-0.4, -0.2) is 14.1 Å². The Bertz CT molecular complexity index is 3920. The SMILES string of the molecule is c1ccc(-c2cccc(-c3ccc(-c4cc(-c5cccc(-c6cccc(-n7c8ccccc8c8ccccc87)c6)c5)cc(-c5cccc(-n6c7ccccc7c7ccccc76)c5)n4)cc3)c2)cc1. The van der Waals surface area contributed by atoms with Crippen LogP contribution in [0.15, 0.2) is 261 Å². The summed E-state index contributed by atoms with van der Waals surface area (Å²) in [5.41, 5.74) is 20.3. The third-order valence-electron chi connectivity index (χ3n) is 13.5. The Labute approximate surface area is 395 Å². The van der Waals surface area contributed by atoms with Gasteiger partial charge in [-0.1, -0.05) is 188 Å². The summed E-state index contributed by atoms with van der Waals surface area (Å²) in [5, 5.41) is 5.00. The number of para-hydroxylation sites is 4. The highest BCUT2D eigenvalue weighted by molar-refractivity contribution is 6.10. The Morgan fingerprint density at radius 1 is 0.206 bits per heavy atom. The van der Waals surface area contributed by atoms with Crippen molar-refractivity contribution in [3.63, 3.8) is 0 Å². The Morgan fingerprint density at radius 3 is 1.03 bits per heavy atom. The molecule has 0 aliphatic carbocycles. The molecule has 13 rings (SSSR count). The van der Waals surface area contributed by atoms with E-state index in [1.807, 2.05) is 0 Å². The zero-order valence-corrected chi connectivity index (χ0v) is 37.2. The van der Waals surface area contributed by atoms with Gasteiger partial charge in [0.1, 0.15) is 0 Å². The number of benzene rings is 10. The second-order valence-electron chi connectivity index (χ2n) is 17.6. The highest BCUT2D eigenvalue weighted by Crippen LogP contribution is 2.38. The maximum atomic E-state index is 5.46. The van der Waals surface area contributed by atoms with E-state index in [9.17, 15) is 0 Å². The molecule has 3 aromatic heterocycles. The molecule has 68 heavy (non-hydrogen) atoms. The number of hydrogen-bond donors (Lipinski definition) is 0. The summed E-state index contributed by atoms with van der Waals surface area (Å²) in [5.74, 6) is 0. The van der Waals surface area contributed by atoms with E-state index in [1.165, 1.54) is 60.3 Å². The second kappa shape index (κ2) is 16.4. The van der Waals surface area contributed by atoms with Gasteiger partial charge < -0.3 is 9.13 Å². The number of hydrogen-bond acceptors (Lipinski definition) is 1. The molecule has 0 atom stereocenters. The maximum absolute atomic E-state index is 5.46. The third kappa shape index (κ3) is 6.88. The molecular formula is C65H43N3. The number of fused-ring (bicyclic) bond motifs is 6. The van der Waals surface area contributed by atoms with Crippen LogP contribution in [0.1, 0.15) is 0 Å². The molecule has 0 amide bonds. The monoisotopic (exact) mass is 865 g/mol. The fourth-order valence-electron chi connectivity index (χ4n) is 10.2. The molecule has 0 radical (unpaired) electrons. The third-order valence-corrected chi connectivity index (χ3v) is 13.5. The van der Waals surface area contributed by atoms with Crippen molar-refractivity contribution < 1.29 is 0 Å². The van der Waals surface area contributed by atoms with Crippen molar-refractivity contribution in [3.05, 3.63) is 261 Å². The Morgan fingerprint density at radius 2 is 0.529 bits per heavy atom. The van der Waals surface area contributed by atoms with Crippen LogP contribution in [-0.2, 0) is 0 Å². The van der Waals surface area contributed by atoms with Crippen LogP contribution in [0.3, 0.4) is 0 Å². The van der Waals surface area contributed by atoms with Crippen molar-refractivity contribution in [2.75, 3.05) is 0 Å². The lowest BCUT2D eigenvalue weighted by Gasteiger charge is -2.14. The Kier molecular flexibility index (Phi) is 9.50. The van der Waals surface area contributed by atoms with E-state index in [0.717, 1.165) is 61.7 Å². The van der Waals surface area contributed by atoms with Gasteiger partial charge in [0, 0.05) is 44.0 Å². The van der Waals surface area contributed by atoms with Crippen LogP contribution in [0, 0.1) is 0 Å². The largest absolute Gasteiger partial charge is 0.309 e. The lowest BCUT2D eigenvalue weighted by Crippen LogP contribution is -1.96. The molecule has 0 spiro atoms. The van der Waals surface area contributed by atoms with Crippen molar-refractivity contribution in [1.82, 2.24) is 14.1 Å². The van der Waals surface area contributed by atoms with Crippen molar-refractivity contribution in [2.45, 2.75) is 0 Å². The summed E-state index contributed by atoms with van der Waals surface area (Å²) in [6.45, 7) is 0. The number of nitrogens with zero attached hydrogens (tertiary/aromatic N) is 3. The number of rotatable bonds is 8. The van der Waals surface area contributed by atoms with Gasteiger partial charge in [-0.15, -0.1) is 0 Å². The average molecular weight is 866 g/mol. The van der Waals surface area contributed by atoms with E-state index in [2.05, 4.69) is 270 Å². The van der Waals surface area contributed by atoms with Crippen LogP contribution < -0.4 is 0 Å². The minimum absolute atomic E-state index is 0.915. The summed E-state index contributed by atoms with van der Waals surface area (Å²) in [4.78, 5) is 5.46. The molecule has 10 aromatic carbocycles. The van der Waals surface area contributed by atoms with Crippen LogP contribution in [0.25, 0.3) is 122 Å². The average Bonchev–Trinajstić information content (AvgIpc) is 3.94. The van der Waals surface area contributed by atoms with Gasteiger partial charge in [0.15, 0.2) is 0 Å². The first-order valence-electron chi connectivity index (χ1n) is 23.3. The molecule has 0 saturated carbocycles. The summed E-state index contributed by atoms with van der Waals surface area (Å²) in [7, 11) is 0. The van der Waals surface area contributed by atoms with Gasteiger partial charge in [-0.3, -0.25) is 0 Å². The number of aromatic nitrogens is 3. The molecule has 0 unspecified atom stereocenters. The van der Waals surface area contributed by atoms with Crippen molar-refractivity contribution in [3.8, 4) is 78.4 Å². The predicted molar refractivity (Wildman–Crippen MR) is 286 cm³/mol. The summed E-state index contributed by atoms with van der Waals surface area (Å²) < 4.78 is 4.76. The molecule has 0 saturated heterocycles. The van der Waals surface area contributed by atoms with Crippen LogP contribution in [0.2, 0.25) is 0 Å². The van der Waals surface area contributed by atoms with E-state index < -0.39 is 0 Å². The van der Waals surface area contributed by atoms with E-state index in [4.69, 9.17) is 4.98 Å². The molecule has 0 fully saturated rings. The van der Waals surface area contributed by atoms with E-state index >= 15 is 0 Å². The van der Waals surface area contributed by atoms with E-state index in [0.29, 0.717) is 0 Å². The normalized spacial score (nSPS) is 11.5. The van der Waals surface area contributed by atoms with Crippen molar-refractivity contribution in [2.24, 2.45) is 0 Å². The first-order chi connectivity index (χ1) is 33.7. The standard InChI is InChI=1S/C65H43N3/c1-2-16-44(17-3-1)47-18-12-19-48(38-47)45-34-36-46(37-35-45)60-42-53(43-61(66-60)52-23-15-25-55(41-52)68-64-32-10-6-28-58(64)59-29-7-11-33-65(59)68)50-21-13-20-49(39-50)51-22-14-24-54(40-51)67-62-30-8-4-26-56(62)57-27-5-9-31-63(57)67/h1-43H. The minimum Gasteiger partial charge on any atom is -0.309 e. The highest BCUT2D eigenvalue weighted by Gasteiger charge is 2.16. The quantitative estimate of drug-likeness (QED) is 0.149. The van der Waals surface area contributed by atoms with Crippen molar-refractivity contribution in [1.29, 1.82) is 0 Å². The van der Waals surface area contributed by atoms with Gasteiger partial charge in [-0.2, -0.15) is 0 Å². The van der Waals surface area contributed by atoms with Crippen molar-refractivity contribution >= 4 is 43.6 Å². The number of pyridine rings is 1. The highest BCUT2D eigenvalue weighted by atomic mass is 15.0. The fraction of sp³-hybridized carbons (Fsp3) is 0. The molecule has 3 heterocycles. The van der Waals surface area contributed by atoms with Crippen LogP contribution in [0.5, 0.6) is 0 Å². The molecule has 318 valence electrons. The lowest BCUT2D eigenvalue weighted by molar-refractivity contribution is 1.18. The summed E-state index contributed by atoms with van der Waals surface area (Å²) >= 11 is 0. The first-order valence-corrected chi connectivity index (χ1v) is 23.3. The zero-order chi connectivity index (χ0) is 45.0.